The van der Waals surface area contributed by atoms with Crippen LogP contribution in [0.25, 0.3) is 11.0 Å². The summed E-state index contributed by atoms with van der Waals surface area (Å²) in [5.41, 5.74) is 1.53. The molecule has 1 heterocycles. The van der Waals surface area contributed by atoms with Crippen LogP contribution in [0.5, 0.6) is 0 Å². The van der Waals surface area contributed by atoms with E-state index >= 15 is 0 Å². The summed E-state index contributed by atoms with van der Waals surface area (Å²) in [4.78, 5) is 33.2. The van der Waals surface area contributed by atoms with Gasteiger partial charge in [0.2, 0.25) is 0 Å². The van der Waals surface area contributed by atoms with Crippen molar-refractivity contribution in [1.29, 1.82) is 0 Å². The molecule has 108 valence electrons. The molecule has 0 radical (unpaired) electrons. The van der Waals surface area contributed by atoms with Crippen LogP contribution in [0.3, 0.4) is 0 Å². The van der Waals surface area contributed by atoms with Crippen LogP contribution in [0, 0.1) is 5.92 Å². The number of hydrogen-bond donors (Lipinski definition) is 1. The molecule has 1 fully saturated rings. The fraction of sp³-hybridized carbons (Fsp3) is 0.333. The van der Waals surface area contributed by atoms with Gasteiger partial charge >= 0.3 is 5.97 Å². The molecule has 21 heavy (non-hydrogen) atoms. The van der Waals surface area contributed by atoms with E-state index in [0.717, 1.165) is 12.8 Å². The average molecular weight is 285 g/mol. The fourth-order valence-electron chi connectivity index (χ4n) is 2.22. The van der Waals surface area contributed by atoms with Crippen LogP contribution in [0.1, 0.15) is 23.3 Å². The van der Waals surface area contributed by atoms with E-state index < -0.39 is 5.97 Å². The van der Waals surface area contributed by atoms with Crippen LogP contribution in [0.15, 0.2) is 30.5 Å². The lowest BCUT2D eigenvalue weighted by Crippen LogP contribution is -2.37. The maximum atomic E-state index is 12.4. The Labute approximate surface area is 121 Å². The lowest BCUT2D eigenvalue weighted by molar-refractivity contribution is -0.137. The minimum absolute atomic E-state index is 0.190. The summed E-state index contributed by atoms with van der Waals surface area (Å²) in [7, 11) is 0. The molecule has 0 atom stereocenters. The Kier molecular flexibility index (Phi) is 3.51. The monoisotopic (exact) mass is 285 g/mol. The van der Waals surface area contributed by atoms with Crippen LogP contribution >= 0.6 is 0 Å². The second-order valence-electron chi connectivity index (χ2n) is 5.27. The molecule has 1 amide bonds. The molecule has 0 bridgehead atoms. The SMILES string of the molecule is O=C(O)CN(CC1CC1)C(=O)c1cnc2ccccc2n1. The maximum absolute atomic E-state index is 12.4. The topological polar surface area (TPSA) is 83.4 Å². The van der Waals surface area contributed by atoms with Crippen molar-refractivity contribution in [1.82, 2.24) is 14.9 Å². The lowest BCUT2D eigenvalue weighted by Gasteiger charge is -2.19. The fourth-order valence-corrected chi connectivity index (χ4v) is 2.22. The molecular formula is C15H15N3O3. The molecule has 6 heteroatoms. The van der Waals surface area contributed by atoms with Crippen molar-refractivity contribution in [3.05, 3.63) is 36.2 Å². The average Bonchev–Trinajstić information content (AvgIpc) is 3.29. The number of aliphatic carboxylic acids is 1. The van der Waals surface area contributed by atoms with Gasteiger partial charge < -0.3 is 10.0 Å². The van der Waals surface area contributed by atoms with Crippen LogP contribution in [-0.2, 0) is 4.79 Å². The molecule has 0 spiro atoms. The highest BCUT2D eigenvalue weighted by molar-refractivity contribution is 5.95. The smallest absolute Gasteiger partial charge is 0.323 e. The highest BCUT2D eigenvalue weighted by Gasteiger charge is 2.29. The molecule has 3 rings (SSSR count). The molecule has 0 aliphatic heterocycles. The number of amides is 1. The van der Waals surface area contributed by atoms with Crippen molar-refractivity contribution in [3.8, 4) is 0 Å². The summed E-state index contributed by atoms with van der Waals surface area (Å²) in [5.74, 6) is -0.970. The van der Waals surface area contributed by atoms with Gasteiger partial charge in [0.05, 0.1) is 17.2 Å². The normalized spacial score (nSPS) is 14.1. The quantitative estimate of drug-likeness (QED) is 0.901. The Morgan fingerprint density at radius 1 is 1.24 bits per heavy atom. The van der Waals surface area contributed by atoms with Gasteiger partial charge in [-0.2, -0.15) is 0 Å². The van der Waals surface area contributed by atoms with Gasteiger partial charge in [-0.05, 0) is 30.9 Å². The van der Waals surface area contributed by atoms with E-state index in [1.807, 2.05) is 18.2 Å². The molecule has 2 aromatic rings. The number of carboxylic acid groups (broad SMARTS) is 1. The third kappa shape index (κ3) is 3.16. The van der Waals surface area contributed by atoms with Crippen molar-refractivity contribution < 1.29 is 14.7 Å². The number of carbonyl (C=O) groups excluding carboxylic acids is 1. The van der Waals surface area contributed by atoms with E-state index in [9.17, 15) is 9.59 Å². The summed E-state index contributed by atoms with van der Waals surface area (Å²) in [6.45, 7) is 0.170. The largest absolute Gasteiger partial charge is 0.480 e. The van der Waals surface area contributed by atoms with Gasteiger partial charge in [-0.25, -0.2) is 4.98 Å². The molecule has 1 aliphatic carbocycles. The first-order chi connectivity index (χ1) is 10.1. The van der Waals surface area contributed by atoms with Crippen molar-refractivity contribution in [3.63, 3.8) is 0 Å². The van der Waals surface area contributed by atoms with Gasteiger partial charge in [0.25, 0.3) is 5.91 Å². The Bertz CT molecular complexity index is 697. The summed E-state index contributed by atoms with van der Waals surface area (Å²) >= 11 is 0. The van der Waals surface area contributed by atoms with Crippen LogP contribution < -0.4 is 0 Å². The zero-order valence-electron chi connectivity index (χ0n) is 11.4. The highest BCUT2D eigenvalue weighted by atomic mass is 16.4. The number of nitrogens with zero attached hydrogens (tertiary/aromatic N) is 3. The maximum Gasteiger partial charge on any atom is 0.323 e. The van der Waals surface area contributed by atoms with E-state index in [1.54, 1.807) is 6.07 Å². The molecule has 6 nitrogen and oxygen atoms in total. The first-order valence-electron chi connectivity index (χ1n) is 6.86. The van der Waals surface area contributed by atoms with Gasteiger partial charge in [0.1, 0.15) is 12.2 Å². The number of benzene rings is 1. The van der Waals surface area contributed by atoms with Gasteiger partial charge in [0, 0.05) is 6.54 Å². The van der Waals surface area contributed by atoms with Crippen molar-refractivity contribution in [2.45, 2.75) is 12.8 Å². The minimum Gasteiger partial charge on any atom is -0.480 e. The number of rotatable bonds is 5. The number of para-hydroxylation sites is 2. The van der Waals surface area contributed by atoms with Crippen LogP contribution in [-0.4, -0.2) is 44.9 Å². The zero-order chi connectivity index (χ0) is 14.8. The summed E-state index contributed by atoms with van der Waals surface area (Å²) in [5, 5.41) is 8.95. The molecular weight excluding hydrogens is 270 g/mol. The van der Waals surface area contributed by atoms with E-state index in [-0.39, 0.29) is 18.1 Å². The van der Waals surface area contributed by atoms with Gasteiger partial charge in [-0.1, -0.05) is 12.1 Å². The third-order valence-electron chi connectivity index (χ3n) is 3.46. The van der Waals surface area contributed by atoms with E-state index in [4.69, 9.17) is 5.11 Å². The molecule has 1 aromatic carbocycles. The van der Waals surface area contributed by atoms with Gasteiger partial charge in [-0.3, -0.25) is 14.6 Å². The minimum atomic E-state index is -1.02. The number of fused-ring (bicyclic) bond motifs is 1. The second kappa shape index (κ2) is 5.47. The van der Waals surface area contributed by atoms with Crippen molar-refractivity contribution in [2.75, 3.05) is 13.1 Å². The summed E-state index contributed by atoms with van der Waals surface area (Å²) < 4.78 is 0. The predicted molar refractivity (Wildman–Crippen MR) is 75.8 cm³/mol. The molecule has 0 saturated heterocycles. The highest BCUT2D eigenvalue weighted by Crippen LogP contribution is 2.30. The number of carboxylic acids is 1. The van der Waals surface area contributed by atoms with Crippen LogP contribution in [0.2, 0.25) is 0 Å². The van der Waals surface area contributed by atoms with E-state index in [1.165, 1.54) is 11.1 Å². The first-order valence-corrected chi connectivity index (χ1v) is 6.86. The summed E-state index contributed by atoms with van der Waals surface area (Å²) in [6, 6.07) is 7.27. The van der Waals surface area contributed by atoms with Crippen LogP contribution in [0.4, 0.5) is 0 Å². The van der Waals surface area contributed by atoms with Gasteiger partial charge in [0.15, 0.2) is 0 Å². The first kappa shape index (κ1) is 13.5. The standard InChI is InChI=1S/C15H15N3O3/c19-14(20)9-18(8-10-5-6-10)15(21)13-7-16-11-3-1-2-4-12(11)17-13/h1-4,7,10H,5-6,8-9H2,(H,19,20). The molecule has 1 saturated carbocycles. The lowest BCUT2D eigenvalue weighted by atomic mass is 10.2. The summed E-state index contributed by atoms with van der Waals surface area (Å²) in [6.07, 6.45) is 3.51. The Morgan fingerprint density at radius 2 is 1.95 bits per heavy atom. The van der Waals surface area contributed by atoms with Crippen molar-refractivity contribution >= 4 is 22.9 Å². The van der Waals surface area contributed by atoms with E-state index in [0.29, 0.717) is 23.5 Å². The molecule has 1 aromatic heterocycles. The molecule has 1 aliphatic rings. The Hall–Kier alpha value is -2.50. The molecule has 1 N–H and O–H groups in total. The number of hydrogen-bond acceptors (Lipinski definition) is 4. The molecule has 0 unspecified atom stereocenters. The van der Waals surface area contributed by atoms with E-state index in [2.05, 4.69) is 9.97 Å². The van der Waals surface area contributed by atoms with Gasteiger partial charge in [-0.15, -0.1) is 0 Å². The zero-order valence-corrected chi connectivity index (χ0v) is 11.4. The second-order valence-corrected chi connectivity index (χ2v) is 5.27. The van der Waals surface area contributed by atoms with Crippen molar-refractivity contribution in [2.24, 2.45) is 5.92 Å². The third-order valence-corrected chi connectivity index (χ3v) is 3.46. The Morgan fingerprint density at radius 3 is 2.62 bits per heavy atom. The number of aromatic nitrogens is 2. The Balaban J connectivity index is 1.86. The number of carbonyl (C=O) groups is 2. The predicted octanol–water partition coefficient (Wildman–Crippen LogP) is 1.57.